The van der Waals surface area contributed by atoms with Crippen molar-refractivity contribution in [2.24, 2.45) is 0 Å². The summed E-state index contributed by atoms with van der Waals surface area (Å²) >= 11 is 0. The molecular formula is C16H17N3. The Labute approximate surface area is 112 Å². The molecule has 96 valence electrons. The molecule has 0 saturated heterocycles. The van der Waals surface area contributed by atoms with E-state index in [9.17, 15) is 0 Å². The Kier molecular flexibility index (Phi) is 3.29. The van der Waals surface area contributed by atoms with E-state index in [0.29, 0.717) is 0 Å². The maximum Gasteiger partial charge on any atom is 0.0570 e. The van der Waals surface area contributed by atoms with E-state index in [1.807, 2.05) is 30.6 Å². The molecule has 0 amide bonds. The number of aromatic nitrogens is 2. The van der Waals surface area contributed by atoms with Crippen LogP contribution in [0.15, 0.2) is 54.9 Å². The van der Waals surface area contributed by atoms with E-state index in [-0.39, 0.29) is 6.04 Å². The van der Waals surface area contributed by atoms with E-state index in [1.165, 1.54) is 16.5 Å². The van der Waals surface area contributed by atoms with Gasteiger partial charge in [0.2, 0.25) is 0 Å². The second kappa shape index (κ2) is 5.24. The highest BCUT2D eigenvalue weighted by Gasteiger charge is 2.05. The lowest BCUT2D eigenvalue weighted by atomic mass is 10.1. The second-order valence-corrected chi connectivity index (χ2v) is 4.76. The van der Waals surface area contributed by atoms with Crippen LogP contribution in [0.1, 0.15) is 24.2 Å². The molecule has 2 N–H and O–H groups in total. The van der Waals surface area contributed by atoms with Crippen molar-refractivity contribution in [2.45, 2.75) is 19.5 Å². The zero-order valence-electron chi connectivity index (χ0n) is 10.9. The summed E-state index contributed by atoms with van der Waals surface area (Å²) in [5.74, 6) is 0. The van der Waals surface area contributed by atoms with Crippen molar-refractivity contribution in [3.63, 3.8) is 0 Å². The van der Waals surface area contributed by atoms with Crippen molar-refractivity contribution in [2.75, 3.05) is 0 Å². The number of fused-ring (bicyclic) bond motifs is 1. The van der Waals surface area contributed by atoms with E-state index < -0.39 is 0 Å². The lowest BCUT2D eigenvalue weighted by Gasteiger charge is -2.13. The van der Waals surface area contributed by atoms with Gasteiger partial charge in [-0.05, 0) is 42.1 Å². The number of H-pyrrole nitrogens is 1. The van der Waals surface area contributed by atoms with Gasteiger partial charge in [-0.1, -0.05) is 18.2 Å². The fraction of sp³-hybridized carbons (Fsp3) is 0.188. The zero-order chi connectivity index (χ0) is 13.1. The molecule has 0 aliphatic rings. The van der Waals surface area contributed by atoms with Crippen LogP contribution in [0.4, 0.5) is 0 Å². The predicted octanol–water partition coefficient (Wildman–Crippen LogP) is 3.41. The van der Waals surface area contributed by atoms with E-state index in [1.54, 1.807) is 0 Å². The lowest BCUT2D eigenvalue weighted by Crippen LogP contribution is -2.18. The van der Waals surface area contributed by atoms with Gasteiger partial charge < -0.3 is 10.3 Å². The van der Waals surface area contributed by atoms with Gasteiger partial charge >= 0.3 is 0 Å². The molecule has 3 nitrogen and oxygen atoms in total. The first-order valence-corrected chi connectivity index (χ1v) is 6.53. The van der Waals surface area contributed by atoms with Crippen molar-refractivity contribution < 1.29 is 0 Å². The van der Waals surface area contributed by atoms with Crippen LogP contribution in [0, 0.1) is 0 Å². The largest absolute Gasteiger partial charge is 0.361 e. The van der Waals surface area contributed by atoms with Crippen molar-refractivity contribution in [3.8, 4) is 0 Å². The Morgan fingerprint density at radius 3 is 3.00 bits per heavy atom. The van der Waals surface area contributed by atoms with Gasteiger partial charge in [0.15, 0.2) is 0 Å². The maximum atomic E-state index is 4.36. The van der Waals surface area contributed by atoms with Gasteiger partial charge in [-0.25, -0.2) is 0 Å². The van der Waals surface area contributed by atoms with Crippen LogP contribution in [-0.2, 0) is 6.54 Å². The summed E-state index contributed by atoms with van der Waals surface area (Å²) in [6.45, 7) is 2.97. The van der Waals surface area contributed by atoms with Gasteiger partial charge in [-0.3, -0.25) is 4.98 Å². The Morgan fingerprint density at radius 2 is 2.16 bits per heavy atom. The van der Waals surface area contributed by atoms with Gasteiger partial charge in [0, 0.05) is 30.5 Å². The normalized spacial score (nSPS) is 12.7. The van der Waals surface area contributed by atoms with Crippen molar-refractivity contribution in [1.82, 2.24) is 15.3 Å². The molecule has 2 heterocycles. The molecule has 3 rings (SSSR count). The SMILES string of the molecule is C[C@H](NCc1ccc2cc[nH]c2c1)c1ccccn1. The predicted molar refractivity (Wildman–Crippen MR) is 77.8 cm³/mol. The summed E-state index contributed by atoms with van der Waals surface area (Å²) < 4.78 is 0. The van der Waals surface area contributed by atoms with Crippen LogP contribution in [0.25, 0.3) is 10.9 Å². The Bertz CT molecular complexity index is 658. The minimum atomic E-state index is 0.250. The summed E-state index contributed by atoms with van der Waals surface area (Å²) in [5, 5.41) is 4.75. The van der Waals surface area contributed by atoms with E-state index >= 15 is 0 Å². The Morgan fingerprint density at radius 1 is 1.21 bits per heavy atom. The number of hydrogen-bond acceptors (Lipinski definition) is 2. The van der Waals surface area contributed by atoms with Gasteiger partial charge in [0.25, 0.3) is 0 Å². The fourth-order valence-corrected chi connectivity index (χ4v) is 2.21. The van der Waals surface area contributed by atoms with Crippen molar-refractivity contribution in [1.29, 1.82) is 0 Å². The van der Waals surface area contributed by atoms with Crippen LogP contribution in [0.5, 0.6) is 0 Å². The summed E-state index contributed by atoms with van der Waals surface area (Å²) in [5.41, 5.74) is 3.53. The average Bonchev–Trinajstić information content (AvgIpc) is 2.93. The molecule has 0 unspecified atom stereocenters. The smallest absolute Gasteiger partial charge is 0.0570 e. The zero-order valence-corrected chi connectivity index (χ0v) is 10.9. The molecule has 0 fully saturated rings. The highest BCUT2D eigenvalue weighted by molar-refractivity contribution is 5.79. The molecule has 0 radical (unpaired) electrons. The molecule has 3 heteroatoms. The standard InChI is InChI=1S/C16H17N3/c1-12(15-4-2-3-8-17-15)19-11-13-5-6-14-7-9-18-16(14)10-13/h2-10,12,18-19H,11H2,1H3/t12-/m0/s1. The number of aromatic amines is 1. The van der Waals surface area contributed by atoms with Gasteiger partial charge in [-0.2, -0.15) is 0 Å². The Hall–Kier alpha value is -2.13. The molecule has 0 aliphatic carbocycles. The molecule has 0 aliphatic heterocycles. The third-order valence-corrected chi connectivity index (χ3v) is 3.36. The van der Waals surface area contributed by atoms with Crippen LogP contribution in [-0.4, -0.2) is 9.97 Å². The van der Waals surface area contributed by atoms with Crippen LogP contribution in [0.3, 0.4) is 0 Å². The second-order valence-electron chi connectivity index (χ2n) is 4.76. The maximum absolute atomic E-state index is 4.36. The molecule has 1 aromatic carbocycles. The molecule has 0 bridgehead atoms. The third kappa shape index (κ3) is 2.66. The Balaban J connectivity index is 1.68. The first kappa shape index (κ1) is 11.9. The van der Waals surface area contributed by atoms with Crippen LogP contribution >= 0.6 is 0 Å². The quantitative estimate of drug-likeness (QED) is 0.746. The van der Waals surface area contributed by atoms with Gasteiger partial charge in [0.1, 0.15) is 0 Å². The van der Waals surface area contributed by atoms with Crippen molar-refractivity contribution in [3.05, 3.63) is 66.1 Å². The molecule has 3 aromatic rings. The van der Waals surface area contributed by atoms with Crippen molar-refractivity contribution >= 4 is 10.9 Å². The minimum absolute atomic E-state index is 0.250. The summed E-state index contributed by atoms with van der Waals surface area (Å²) in [7, 11) is 0. The first-order valence-electron chi connectivity index (χ1n) is 6.53. The minimum Gasteiger partial charge on any atom is -0.361 e. The van der Waals surface area contributed by atoms with Gasteiger partial charge in [-0.15, -0.1) is 0 Å². The molecule has 0 saturated carbocycles. The number of benzene rings is 1. The molecule has 1 atom stereocenters. The van der Waals surface area contributed by atoms with E-state index in [0.717, 1.165) is 12.2 Å². The number of nitrogens with one attached hydrogen (secondary N) is 2. The first-order chi connectivity index (χ1) is 9.33. The van der Waals surface area contributed by atoms with Gasteiger partial charge in [0.05, 0.1) is 5.69 Å². The van der Waals surface area contributed by atoms with Crippen LogP contribution in [0.2, 0.25) is 0 Å². The highest BCUT2D eigenvalue weighted by Crippen LogP contribution is 2.15. The summed E-state index contributed by atoms with van der Waals surface area (Å²) in [6, 6.07) is 14.8. The van der Waals surface area contributed by atoms with E-state index in [4.69, 9.17) is 0 Å². The lowest BCUT2D eigenvalue weighted by molar-refractivity contribution is 0.562. The number of pyridine rings is 1. The monoisotopic (exact) mass is 251 g/mol. The highest BCUT2D eigenvalue weighted by atomic mass is 14.9. The summed E-state index contributed by atoms with van der Waals surface area (Å²) in [6.07, 6.45) is 3.80. The average molecular weight is 251 g/mol. The number of nitrogens with zero attached hydrogens (tertiary/aromatic N) is 1. The van der Waals surface area contributed by atoms with Crippen LogP contribution < -0.4 is 5.32 Å². The summed E-state index contributed by atoms with van der Waals surface area (Å²) in [4.78, 5) is 7.60. The molecule has 2 aromatic heterocycles. The number of hydrogen-bond donors (Lipinski definition) is 2. The number of rotatable bonds is 4. The fourth-order valence-electron chi connectivity index (χ4n) is 2.21. The third-order valence-electron chi connectivity index (χ3n) is 3.36. The van der Waals surface area contributed by atoms with E-state index in [2.05, 4.69) is 46.5 Å². The topological polar surface area (TPSA) is 40.7 Å². The molecule has 0 spiro atoms. The molecule has 19 heavy (non-hydrogen) atoms. The molecular weight excluding hydrogens is 234 g/mol.